The van der Waals surface area contributed by atoms with Gasteiger partial charge in [-0.15, -0.1) is 11.3 Å². The number of benzene rings is 1. The summed E-state index contributed by atoms with van der Waals surface area (Å²) >= 11 is 1.73. The van der Waals surface area contributed by atoms with Gasteiger partial charge in [0.05, 0.1) is 12.3 Å². The van der Waals surface area contributed by atoms with Gasteiger partial charge >= 0.3 is 0 Å². The van der Waals surface area contributed by atoms with Gasteiger partial charge in [0.1, 0.15) is 10.8 Å². The topological polar surface area (TPSA) is 25.4 Å². The van der Waals surface area contributed by atoms with Crippen molar-refractivity contribution in [2.24, 2.45) is 0 Å². The van der Waals surface area contributed by atoms with Crippen LogP contribution in [0.2, 0.25) is 0 Å². The lowest BCUT2D eigenvalue weighted by Crippen LogP contribution is -2.25. The molecule has 0 N–H and O–H groups in total. The highest BCUT2D eigenvalue weighted by molar-refractivity contribution is 7.13. The van der Waals surface area contributed by atoms with E-state index in [1.54, 1.807) is 11.3 Å². The third kappa shape index (κ3) is 3.63. The molecule has 0 atom stereocenters. The van der Waals surface area contributed by atoms with Crippen molar-refractivity contribution in [2.45, 2.75) is 39.3 Å². The number of rotatable bonds is 7. The van der Waals surface area contributed by atoms with E-state index in [-0.39, 0.29) is 0 Å². The van der Waals surface area contributed by atoms with E-state index in [9.17, 15) is 0 Å². The molecule has 0 saturated heterocycles. The summed E-state index contributed by atoms with van der Waals surface area (Å²) in [6.07, 6.45) is 2.70. The predicted octanol–water partition coefficient (Wildman–Crippen LogP) is 4.19. The van der Waals surface area contributed by atoms with Crippen molar-refractivity contribution >= 4 is 11.3 Å². The zero-order valence-electron chi connectivity index (χ0n) is 12.7. The predicted molar refractivity (Wildman–Crippen MR) is 87.8 cm³/mol. The van der Waals surface area contributed by atoms with Gasteiger partial charge in [0.25, 0.3) is 0 Å². The van der Waals surface area contributed by atoms with Gasteiger partial charge in [0.2, 0.25) is 0 Å². The standard InChI is InChI=1S/C17H22N2OS/c1-3-19(15-7-8-15)11-14-12-21-17(18-14)13-5-9-16(10-6-13)20-4-2/h5-6,9-10,12,15H,3-4,7-8,11H2,1-2H3. The fourth-order valence-electron chi connectivity index (χ4n) is 2.52. The fourth-order valence-corrected chi connectivity index (χ4v) is 3.34. The second-order valence-electron chi connectivity index (χ2n) is 5.40. The Kier molecular flexibility index (Phi) is 4.56. The zero-order chi connectivity index (χ0) is 14.7. The minimum absolute atomic E-state index is 0.703. The summed E-state index contributed by atoms with van der Waals surface area (Å²) in [5, 5.41) is 3.29. The Bertz CT molecular complexity index is 575. The van der Waals surface area contributed by atoms with E-state index in [4.69, 9.17) is 9.72 Å². The maximum absolute atomic E-state index is 5.48. The van der Waals surface area contributed by atoms with Crippen LogP contribution >= 0.6 is 11.3 Å². The van der Waals surface area contributed by atoms with Crippen molar-refractivity contribution in [1.82, 2.24) is 9.88 Å². The molecule has 0 unspecified atom stereocenters. The third-order valence-corrected chi connectivity index (χ3v) is 4.74. The molecule has 1 heterocycles. The monoisotopic (exact) mass is 302 g/mol. The minimum Gasteiger partial charge on any atom is -0.494 e. The fraction of sp³-hybridized carbons (Fsp3) is 0.471. The Morgan fingerprint density at radius 3 is 2.62 bits per heavy atom. The highest BCUT2D eigenvalue weighted by atomic mass is 32.1. The average molecular weight is 302 g/mol. The number of ether oxygens (including phenoxy) is 1. The van der Waals surface area contributed by atoms with Crippen molar-refractivity contribution in [2.75, 3.05) is 13.2 Å². The number of nitrogens with zero attached hydrogens (tertiary/aromatic N) is 2. The molecule has 21 heavy (non-hydrogen) atoms. The van der Waals surface area contributed by atoms with Gasteiger partial charge in [0.15, 0.2) is 0 Å². The van der Waals surface area contributed by atoms with Gasteiger partial charge in [-0.1, -0.05) is 6.92 Å². The van der Waals surface area contributed by atoms with E-state index in [0.29, 0.717) is 6.61 Å². The van der Waals surface area contributed by atoms with Crippen molar-refractivity contribution < 1.29 is 4.74 Å². The van der Waals surface area contributed by atoms with Gasteiger partial charge in [-0.2, -0.15) is 0 Å². The number of thiazole rings is 1. The Labute approximate surface area is 130 Å². The lowest BCUT2D eigenvalue weighted by molar-refractivity contribution is 0.266. The highest BCUT2D eigenvalue weighted by Gasteiger charge is 2.28. The first-order valence-corrected chi connectivity index (χ1v) is 8.59. The van der Waals surface area contributed by atoms with E-state index >= 15 is 0 Å². The quantitative estimate of drug-likeness (QED) is 0.766. The first kappa shape index (κ1) is 14.5. The number of aromatic nitrogens is 1. The maximum Gasteiger partial charge on any atom is 0.123 e. The molecule has 112 valence electrons. The molecular formula is C17H22N2OS. The molecule has 0 radical (unpaired) electrons. The van der Waals surface area contributed by atoms with Crippen LogP contribution in [0.15, 0.2) is 29.6 Å². The Morgan fingerprint density at radius 2 is 2.00 bits per heavy atom. The number of hydrogen-bond donors (Lipinski definition) is 0. The molecule has 1 aliphatic carbocycles. The molecule has 2 aromatic rings. The molecule has 0 bridgehead atoms. The summed E-state index contributed by atoms with van der Waals surface area (Å²) in [6, 6.07) is 9.01. The Morgan fingerprint density at radius 1 is 1.24 bits per heavy atom. The molecule has 0 spiro atoms. The van der Waals surface area contributed by atoms with Crippen molar-refractivity contribution in [3.63, 3.8) is 0 Å². The van der Waals surface area contributed by atoms with Crippen LogP contribution in [0.5, 0.6) is 5.75 Å². The summed E-state index contributed by atoms with van der Waals surface area (Å²) in [7, 11) is 0. The molecule has 1 aromatic carbocycles. The summed E-state index contributed by atoms with van der Waals surface area (Å²) in [5.41, 5.74) is 2.36. The Hall–Kier alpha value is -1.39. The van der Waals surface area contributed by atoms with E-state index in [1.807, 2.05) is 19.1 Å². The van der Waals surface area contributed by atoms with Gasteiger partial charge in [-0.3, -0.25) is 4.90 Å². The van der Waals surface area contributed by atoms with Crippen LogP contribution in [-0.2, 0) is 6.54 Å². The van der Waals surface area contributed by atoms with E-state index < -0.39 is 0 Å². The molecular weight excluding hydrogens is 280 g/mol. The summed E-state index contributed by atoms with van der Waals surface area (Å²) in [6.45, 7) is 7.03. The largest absolute Gasteiger partial charge is 0.494 e. The second kappa shape index (κ2) is 6.58. The molecule has 0 amide bonds. The SMILES string of the molecule is CCOc1ccc(-c2nc(CN(CC)C3CC3)cs2)cc1. The summed E-state index contributed by atoms with van der Waals surface area (Å²) < 4.78 is 5.48. The van der Waals surface area contributed by atoms with Crippen LogP contribution in [0, 0.1) is 0 Å². The molecule has 3 nitrogen and oxygen atoms in total. The maximum atomic E-state index is 5.48. The summed E-state index contributed by atoms with van der Waals surface area (Å²) in [4.78, 5) is 7.31. The first-order chi connectivity index (χ1) is 10.3. The van der Waals surface area contributed by atoms with Crippen molar-refractivity contribution in [1.29, 1.82) is 0 Å². The molecule has 0 aliphatic heterocycles. The van der Waals surface area contributed by atoms with Gasteiger partial charge in [-0.25, -0.2) is 4.98 Å². The first-order valence-electron chi connectivity index (χ1n) is 7.71. The molecule has 1 fully saturated rings. The lowest BCUT2D eigenvalue weighted by Gasteiger charge is -2.17. The van der Waals surface area contributed by atoms with Gasteiger partial charge in [-0.05, 0) is 50.6 Å². The highest BCUT2D eigenvalue weighted by Crippen LogP contribution is 2.30. The van der Waals surface area contributed by atoms with E-state index in [0.717, 1.165) is 29.9 Å². The lowest BCUT2D eigenvalue weighted by atomic mass is 10.2. The number of hydrogen-bond acceptors (Lipinski definition) is 4. The smallest absolute Gasteiger partial charge is 0.123 e. The van der Waals surface area contributed by atoms with Gasteiger partial charge < -0.3 is 4.74 Å². The minimum atomic E-state index is 0.703. The molecule has 1 aromatic heterocycles. The normalized spacial score (nSPS) is 14.6. The van der Waals surface area contributed by atoms with Gasteiger partial charge in [0, 0.05) is 23.5 Å². The van der Waals surface area contributed by atoms with Crippen LogP contribution in [0.4, 0.5) is 0 Å². The van der Waals surface area contributed by atoms with E-state index in [2.05, 4.69) is 29.3 Å². The average Bonchev–Trinajstić information content (AvgIpc) is 3.25. The molecule has 1 aliphatic rings. The van der Waals surface area contributed by atoms with Crippen LogP contribution in [-0.4, -0.2) is 29.1 Å². The molecule has 4 heteroatoms. The van der Waals surface area contributed by atoms with Crippen LogP contribution < -0.4 is 4.74 Å². The molecule has 3 rings (SSSR count). The van der Waals surface area contributed by atoms with Crippen molar-refractivity contribution in [3.05, 3.63) is 35.3 Å². The van der Waals surface area contributed by atoms with Crippen LogP contribution in [0.25, 0.3) is 10.6 Å². The van der Waals surface area contributed by atoms with E-state index in [1.165, 1.54) is 24.1 Å². The molecule has 1 saturated carbocycles. The summed E-state index contributed by atoms with van der Waals surface area (Å²) in [5.74, 6) is 0.920. The second-order valence-corrected chi connectivity index (χ2v) is 6.25. The third-order valence-electron chi connectivity index (χ3n) is 3.80. The van der Waals surface area contributed by atoms with Crippen LogP contribution in [0.3, 0.4) is 0 Å². The van der Waals surface area contributed by atoms with Crippen LogP contribution in [0.1, 0.15) is 32.4 Å². The van der Waals surface area contributed by atoms with Crippen molar-refractivity contribution in [3.8, 4) is 16.3 Å². The Balaban J connectivity index is 1.68. The zero-order valence-corrected chi connectivity index (χ0v) is 13.5.